The number of amides is 1. The van der Waals surface area contributed by atoms with Crippen molar-refractivity contribution in [3.8, 4) is 5.75 Å². The summed E-state index contributed by atoms with van der Waals surface area (Å²) in [5.74, 6) is 0.545. The summed E-state index contributed by atoms with van der Waals surface area (Å²) in [5.41, 5.74) is 0.982. The molecule has 1 heterocycles. The molecule has 2 rings (SSSR count). The molecule has 19 heavy (non-hydrogen) atoms. The van der Waals surface area contributed by atoms with Gasteiger partial charge in [-0.3, -0.25) is 9.48 Å². The van der Waals surface area contributed by atoms with E-state index in [4.69, 9.17) is 4.74 Å². The SMILES string of the molecule is CCn1nccc1CNC(=O)COc1ccccc1. The van der Waals surface area contributed by atoms with Crippen molar-refractivity contribution in [3.05, 3.63) is 48.3 Å². The lowest BCUT2D eigenvalue weighted by atomic mass is 10.3. The first-order valence-electron chi connectivity index (χ1n) is 6.25. The second-order valence-corrected chi connectivity index (χ2v) is 4.02. The first-order valence-corrected chi connectivity index (χ1v) is 6.25. The molecule has 0 aliphatic carbocycles. The van der Waals surface area contributed by atoms with Gasteiger partial charge in [0.1, 0.15) is 5.75 Å². The predicted molar refractivity (Wildman–Crippen MR) is 71.7 cm³/mol. The van der Waals surface area contributed by atoms with E-state index < -0.39 is 0 Å². The van der Waals surface area contributed by atoms with E-state index in [9.17, 15) is 4.79 Å². The molecule has 5 heteroatoms. The fourth-order valence-corrected chi connectivity index (χ4v) is 1.70. The van der Waals surface area contributed by atoms with Gasteiger partial charge in [0.15, 0.2) is 6.61 Å². The smallest absolute Gasteiger partial charge is 0.258 e. The average Bonchev–Trinajstić information content (AvgIpc) is 2.91. The van der Waals surface area contributed by atoms with Crippen molar-refractivity contribution in [1.82, 2.24) is 15.1 Å². The number of carbonyl (C=O) groups is 1. The van der Waals surface area contributed by atoms with Gasteiger partial charge >= 0.3 is 0 Å². The molecular weight excluding hydrogens is 242 g/mol. The van der Waals surface area contributed by atoms with Crippen molar-refractivity contribution in [2.45, 2.75) is 20.0 Å². The van der Waals surface area contributed by atoms with Crippen molar-refractivity contribution in [1.29, 1.82) is 0 Å². The average molecular weight is 259 g/mol. The number of hydrogen-bond acceptors (Lipinski definition) is 3. The van der Waals surface area contributed by atoms with Crippen molar-refractivity contribution in [3.63, 3.8) is 0 Å². The van der Waals surface area contributed by atoms with Gasteiger partial charge < -0.3 is 10.1 Å². The molecule has 0 saturated carbocycles. The summed E-state index contributed by atoms with van der Waals surface area (Å²) in [5, 5.41) is 6.95. The summed E-state index contributed by atoms with van der Waals surface area (Å²) in [4.78, 5) is 11.6. The van der Waals surface area contributed by atoms with E-state index in [1.54, 1.807) is 6.20 Å². The lowest BCUT2D eigenvalue weighted by Crippen LogP contribution is -2.29. The Labute approximate surface area is 112 Å². The molecular formula is C14H17N3O2. The number of hydrogen-bond donors (Lipinski definition) is 1. The van der Waals surface area contributed by atoms with E-state index >= 15 is 0 Å². The third-order valence-electron chi connectivity index (χ3n) is 2.68. The van der Waals surface area contributed by atoms with Gasteiger partial charge in [-0.2, -0.15) is 5.10 Å². The molecule has 2 aromatic rings. The highest BCUT2D eigenvalue weighted by Gasteiger charge is 2.05. The Balaban J connectivity index is 1.76. The minimum Gasteiger partial charge on any atom is -0.484 e. The molecule has 0 bridgehead atoms. The Morgan fingerprint density at radius 3 is 2.84 bits per heavy atom. The van der Waals surface area contributed by atoms with Crippen molar-refractivity contribution >= 4 is 5.91 Å². The third kappa shape index (κ3) is 3.84. The molecule has 5 nitrogen and oxygen atoms in total. The van der Waals surface area contributed by atoms with Crippen molar-refractivity contribution < 1.29 is 9.53 Å². The van der Waals surface area contributed by atoms with Crippen LogP contribution in [0, 0.1) is 0 Å². The van der Waals surface area contributed by atoms with Gasteiger partial charge in [-0.1, -0.05) is 18.2 Å². The van der Waals surface area contributed by atoms with Crippen LogP contribution < -0.4 is 10.1 Å². The zero-order valence-corrected chi connectivity index (χ0v) is 10.9. The van der Waals surface area contributed by atoms with Crippen LogP contribution in [0.5, 0.6) is 5.75 Å². The number of rotatable bonds is 6. The highest BCUT2D eigenvalue weighted by molar-refractivity contribution is 5.77. The van der Waals surface area contributed by atoms with Crippen molar-refractivity contribution in [2.24, 2.45) is 0 Å². The maximum absolute atomic E-state index is 11.6. The van der Waals surface area contributed by atoms with Gasteiger partial charge in [-0.25, -0.2) is 0 Å². The van der Waals surface area contributed by atoms with E-state index in [-0.39, 0.29) is 12.5 Å². The molecule has 1 amide bonds. The lowest BCUT2D eigenvalue weighted by molar-refractivity contribution is -0.123. The molecule has 1 aromatic carbocycles. The molecule has 0 aliphatic rings. The van der Waals surface area contributed by atoms with Gasteiger partial charge in [0.2, 0.25) is 0 Å². The van der Waals surface area contributed by atoms with Crippen LogP contribution in [-0.2, 0) is 17.9 Å². The zero-order chi connectivity index (χ0) is 13.5. The monoisotopic (exact) mass is 259 g/mol. The maximum Gasteiger partial charge on any atom is 0.258 e. The first kappa shape index (κ1) is 13.1. The van der Waals surface area contributed by atoms with Crippen LogP contribution in [0.2, 0.25) is 0 Å². The number of carbonyl (C=O) groups excluding carboxylic acids is 1. The molecule has 0 atom stereocenters. The second kappa shape index (κ2) is 6.58. The summed E-state index contributed by atoms with van der Waals surface area (Å²) in [7, 11) is 0. The Hall–Kier alpha value is -2.30. The summed E-state index contributed by atoms with van der Waals surface area (Å²) in [6.45, 7) is 3.28. The van der Waals surface area contributed by atoms with E-state index in [2.05, 4.69) is 10.4 Å². The fourth-order valence-electron chi connectivity index (χ4n) is 1.70. The van der Waals surface area contributed by atoms with Crippen molar-refractivity contribution in [2.75, 3.05) is 6.61 Å². The molecule has 0 saturated heterocycles. The number of ether oxygens (including phenoxy) is 1. The van der Waals surface area contributed by atoms with Crippen LogP contribution in [0.25, 0.3) is 0 Å². The Morgan fingerprint density at radius 2 is 2.11 bits per heavy atom. The number of nitrogens with zero attached hydrogens (tertiary/aromatic N) is 2. The minimum absolute atomic E-state index is 0.0181. The summed E-state index contributed by atoms with van der Waals surface area (Å²) in [6.07, 6.45) is 1.73. The summed E-state index contributed by atoms with van der Waals surface area (Å²) in [6, 6.07) is 11.2. The van der Waals surface area contributed by atoms with Crippen LogP contribution >= 0.6 is 0 Å². The standard InChI is InChI=1S/C14H17N3O2/c1-2-17-12(8-9-16-17)10-15-14(18)11-19-13-6-4-3-5-7-13/h3-9H,2,10-11H2,1H3,(H,15,18). The molecule has 0 fully saturated rings. The Morgan fingerprint density at radius 1 is 1.32 bits per heavy atom. The van der Waals surface area contributed by atoms with E-state index in [1.807, 2.05) is 48.0 Å². The minimum atomic E-state index is -0.146. The number of nitrogens with one attached hydrogen (secondary N) is 1. The maximum atomic E-state index is 11.6. The van der Waals surface area contributed by atoms with Gasteiger partial charge in [0.05, 0.1) is 12.2 Å². The van der Waals surface area contributed by atoms with Gasteiger partial charge in [0, 0.05) is 12.7 Å². The normalized spacial score (nSPS) is 10.2. The zero-order valence-electron chi connectivity index (χ0n) is 10.9. The molecule has 0 radical (unpaired) electrons. The van der Waals surface area contributed by atoms with Gasteiger partial charge in [-0.15, -0.1) is 0 Å². The highest BCUT2D eigenvalue weighted by atomic mass is 16.5. The highest BCUT2D eigenvalue weighted by Crippen LogP contribution is 2.07. The lowest BCUT2D eigenvalue weighted by Gasteiger charge is -2.08. The fraction of sp³-hybridized carbons (Fsp3) is 0.286. The van der Waals surface area contributed by atoms with Crippen LogP contribution in [0.1, 0.15) is 12.6 Å². The molecule has 1 N–H and O–H groups in total. The number of benzene rings is 1. The molecule has 100 valence electrons. The van der Waals surface area contributed by atoms with E-state index in [0.29, 0.717) is 12.3 Å². The largest absolute Gasteiger partial charge is 0.484 e. The van der Waals surface area contributed by atoms with Gasteiger partial charge in [-0.05, 0) is 25.1 Å². The molecule has 0 aliphatic heterocycles. The topological polar surface area (TPSA) is 56.2 Å². The summed E-state index contributed by atoms with van der Waals surface area (Å²) >= 11 is 0. The Bertz CT molecular complexity index is 522. The number of aromatic nitrogens is 2. The quantitative estimate of drug-likeness (QED) is 0.857. The van der Waals surface area contributed by atoms with E-state index in [1.165, 1.54) is 0 Å². The predicted octanol–water partition coefficient (Wildman–Crippen LogP) is 1.60. The van der Waals surface area contributed by atoms with Crippen LogP contribution in [-0.4, -0.2) is 22.3 Å². The van der Waals surface area contributed by atoms with Crippen LogP contribution in [0.15, 0.2) is 42.6 Å². The molecule has 1 aromatic heterocycles. The Kier molecular flexibility index (Phi) is 4.55. The molecule has 0 unspecified atom stereocenters. The molecule has 0 spiro atoms. The third-order valence-corrected chi connectivity index (χ3v) is 2.68. The first-order chi connectivity index (χ1) is 9.29. The van der Waals surface area contributed by atoms with Gasteiger partial charge in [0.25, 0.3) is 5.91 Å². The van der Waals surface area contributed by atoms with Crippen LogP contribution in [0.3, 0.4) is 0 Å². The summed E-state index contributed by atoms with van der Waals surface area (Å²) < 4.78 is 7.21. The number of aryl methyl sites for hydroxylation is 1. The van der Waals surface area contributed by atoms with E-state index in [0.717, 1.165) is 12.2 Å². The second-order valence-electron chi connectivity index (χ2n) is 4.02. The number of para-hydroxylation sites is 1. The van der Waals surface area contributed by atoms with Crippen LogP contribution in [0.4, 0.5) is 0 Å².